The Bertz CT molecular complexity index is 698. The van der Waals surface area contributed by atoms with Crippen molar-refractivity contribution in [3.8, 4) is 0 Å². The van der Waals surface area contributed by atoms with Crippen molar-refractivity contribution in [2.75, 3.05) is 5.75 Å². The highest BCUT2D eigenvalue weighted by Crippen LogP contribution is 2.25. The molecule has 0 aliphatic heterocycles. The Labute approximate surface area is 135 Å². The molecule has 0 radical (unpaired) electrons. The van der Waals surface area contributed by atoms with E-state index in [-0.39, 0.29) is 29.0 Å². The van der Waals surface area contributed by atoms with Crippen LogP contribution in [0.25, 0.3) is 0 Å². The predicted molar refractivity (Wildman–Crippen MR) is 84.8 cm³/mol. The molecule has 1 aromatic carbocycles. The van der Waals surface area contributed by atoms with Gasteiger partial charge >= 0.3 is 5.97 Å². The van der Waals surface area contributed by atoms with Crippen LogP contribution in [-0.4, -0.2) is 37.2 Å². The minimum atomic E-state index is -3.29. The second kappa shape index (κ2) is 7.12. The lowest BCUT2D eigenvalue weighted by molar-refractivity contribution is -0.141. The van der Waals surface area contributed by atoms with Crippen molar-refractivity contribution in [1.29, 1.82) is 0 Å². The van der Waals surface area contributed by atoms with Crippen LogP contribution in [0.2, 0.25) is 0 Å². The van der Waals surface area contributed by atoms with Crippen LogP contribution >= 0.6 is 0 Å². The van der Waals surface area contributed by atoms with Crippen LogP contribution in [0.4, 0.5) is 0 Å². The molecule has 0 spiro atoms. The maximum Gasteiger partial charge on any atom is 0.306 e. The van der Waals surface area contributed by atoms with Gasteiger partial charge in [-0.2, -0.15) is 0 Å². The molecule has 23 heavy (non-hydrogen) atoms. The molecule has 2 N–H and O–H groups in total. The number of carbonyl (C=O) groups is 2. The molecule has 1 aliphatic rings. The van der Waals surface area contributed by atoms with Gasteiger partial charge < -0.3 is 10.4 Å². The normalized spacial score (nSPS) is 21.1. The Morgan fingerprint density at radius 2 is 2.04 bits per heavy atom. The summed E-state index contributed by atoms with van der Waals surface area (Å²) >= 11 is 0. The Kier molecular flexibility index (Phi) is 5.41. The highest BCUT2D eigenvalue weighted by atomic mass is 32.2. The Hall–Kier alpha value is -1.89. The number of carbonyl (C=O) groups excluding carboxylic acids is 1. The lowest BCUT2D eigenvalue weighted by Crippen LogP contribution is -2.34. The molecule has 1 aliphatic carbocycles. The zero-order chi connectivity index (χ0) is 17.0. The fourth-order valence-electron chi connectivity index (χ4n) is 2.82. The van der Waals surface area contributed by atoms with Crippen molar-refractivity contribution in [3.63, 3.8) is 0 Å². The van der Waals surface area contributed by atoms with Crippen molar-refractivity contribution < 1.29 is 23.1 Å². The highest BCUT2D eigenvalue weighted by Gasteiger charge is 2.30. The Morgan fingerprint density at radius 1 is 1.30 bits per heavy atom. The fourth-order valence-corrected chi connectivity index (χ4v) is 3.77. The number of hydrogen-bond acceptors (Lipinski definition) is 4. The van der Waals surface area contributed by atoms with E-state index in [0.29, 0.717) is 24.8 Å². The summed E-state index contributed by atoms with van der Waals surface area (Å²) in [6.07, 6.45) is 1.77. The summed E-state index contributed by atoms with van der Waals surface area (Å²) < 4.78 is 23.7. The van der Waals surface area contributed by atoms with Gasteiger partial charge in [-0.25, -0.2) is 8.42 Å². The van der Waals surface area contributed by atoms with Gasteiger partial charge in [0.05, 0.1) is 23.0 Å². The third kappa shape index (κ3) is 4.54. The van der Waals surface area contributed by atoms with Crippen LogP contribution in [0.1, 0.15) is 31.7 Å². The quantitative estimate of drug-likeness (QED) is 0.816. The largest absolute Gasteiger partial charge is 0.481 e. The lowest BCUT2D eigenvalue weighted by atomic mass is 10.1. The van der Waals surface area contributed by atoms with E-state index in [1.54, 1.807) is 19.1 Å². The van der Waals surface area contributed by atoms with Gasteiger partial charge in [0.15, 0.2) is 9.84 Å². The first-order valence-electron chi connectivity index (χ1n) is 7.65. The van der Waals surface area contributed by atoms with Gasteiger partial charge in [-0.15, -0.1) is 0 Å². The van der Waals surface area contributed by atoms with Crippen molar-refractivity contribution >= 4 is 21.7 Å². The third-order valence-electron chi connectivity index (χ3n) is 4.15. The van der Waals surface area contributed by atoms with Crippen molar-refractivity contribution in [2.24, 2.45) is 5.92 Å². The maximum atomic E-state index is 12.1. The summed E-state index contributed by atoms with van der Waals surface area (Å²) in [6.45, 7) is 1.58. The number of carboxylic acid groups (broad SMARTS) is 1. The first-order chi connectivity index (χ1) is 10.8. The number of sulfone groups is 1. The average molecular weight is 339 g/mol. The first-order valence-corrected chi connectivity index (χ1v) is 9.31. The minimum Gasteiger partial charge on any atom is -0.481 e. The molecule has 2 atom stereocenters. The predicted octanol–water partition coefficient (Wildman–Crippen LogP) is 1.39. The number of benzene rings is 1. The van der Waals surface area contributed by atoms with E-state index in [0.717, 1.165) is 0 Å². The van der Waals surface area contributed by atoms with Gasteiger partial charge in [-0.1, -0.05) is 19.1 Å². The van der Waals surface area contributed by atoms with E-state index in [4.69, 9.17) is 5.11 Å². The van der Waals surface area contributed by atoms with Gasteiger partial charge in [0.25, 0.3) is 0 Å². The second-order valence-electron chi connectivity index (χ2n) is 5.84. The fraction of sp³-hybridized carbons (Fsp3) is 0.500. The molecule has 1 amide bonds. The van der Waals surface area contributed by atoms with E-state index in [2.05, 4.69) is 5.32 Å². The van der Waals surface area contributed by atoms with E-state index in [9.17, 15) is 18.0 Å². The Morgan fingerprint density at radius 3 is 2.65 bits per heavy atom. The molecule has 0 aromatic heterocycles. The van der Waals surface area contributed by atoms with Crippen molar-refractivity contribution in [2.45, 2.75) is 43.5 Å². The first kappa shape index (κ1) is 17.5. The SMILES string of the molecule is CCS(=O)(=O)c1cccc(CC(=O)N[C@H]2CC[C@@H](C(=O)O)C2)c1. The summed E-state index contributed by atoms with van der Waals surface area (Å²) in [7, 11) is -3.29. The Balaban J connectivity index is 1.96. The van der Waals surface area contributed by atoms with E-state index in [1.807, 2.05) is 0 Å². The lowest BCUT2D eigenvalue weighted by Gasteiger charge is -2.12. The molecule has 0 unspecified atom stereocenters. The summed E-state index contributed by atoms with van der Waals surface area (Å²) in [5.74, 6) is -1.41. The van der Waals surface area contributed by atoms with Crippen LogP contribution in [0, 0.1) is 5.92 Å². The molecule has 1 fully saturated rings. The number of rotatable bonds is 6. The molecule has 1 saturated carbocycles. The second-order valence-corrected chi connectivity index (χ2v) is 8.12. The summed E-state index contributed by atoms with van der Waals surface area (Å²) in [5, 5.41) is 11.8. The van der Waals surface area contributed by atoms with Crippen LogP contribution < -0.4 is 5.32 Å². The topological polar surface area (TPSA) is 101 Å². The van der Waals surface area contributed by atoms with Crippen molar-refractivity contribution in [3.05, 3.63) is 29.8 Å². The zero-order valence-corrected chi connectivity index (χ0v) is 13.8. The average Bonchev–Trinajstić information content (AvgIpc) is 2.96. The van der Waals surface area contributed by atoms with Gasteiger partial charge in [0.1, 0.15) is 0 Å². The number of hydrogen-bond donors (Lipinski definition) is 2. The van der Waals surface area contributed by atoms with Crippen LogP contribution in [0.5, 0.6) is 0 Å². The summed E-state index contributed by atoms with van der Waals surface area (Å²) in [5.41, 5.74) is 0.629. The summed E-state index contributed by atoms with van der Waals surface area (Å²) in [6, 6.07) is 6.26. The highest BCUT2D eigenvalue weighted by molar-refractivity contribution is 7.91. The van der Waals surface area contributed by atoms with Crippen molar-refractivity contribution in [1.82, 2.24) is 5.32 Å². The molecule has 1 aromatic rings. The van der Waals surface area contributed by atoms with Gasteiger partial charge in [-0.3, -0.25) is 9.59 Å². The van der Waals surface area contributed by atoms with Gasteiger partial charge in [-0.05, 0) is 37.0 Å². The van der Waals surface area contributed by atoms with Crippen LogP contribution in [0.3, 0.4) is 0 Å². The van der Waals surface area contributed by atoms with E-state index < -0.39 is 21.7 Å². The molecule has 7 heteroatoms. The van der Waals surface area contributed by atoms with Crippen LogP contribution in [0.15, 0.2) is 29.2 Å². The van der Waals surface area contributed by atoms with Gasteiger partial charge in [0.2, 0.25) is 5.91 Å². The molecule has 2 rings (SSSR count). The number of amides is 1. The van der Waals surface area contributed by atoms with Gasteiger partial charge in [0, 0.05) is 6.04 Å². The molecule has 0 heterocycles. The van der Waals surface area contributed by atoms with E-state index in [1.165, 1.54) is 12.1 Å². The molecular weight excluding hydrogens is 318 g/mol. The smallest absolute Gasteiger partial charge is 0.306 e. The number of carboxylic acids is 1. The molecule has 6 nitrogen and oxygen atoms in total. The molecular formula is C16H21NO5S. The molecule has 0 bridgehead atoms. The molecule has 126 valence electrons. The molecule has 0 saturated heterocycles. The maximum absolute atomic E-state index is 12.1. The summed E-state index contributed by atoms with van der Waals surface area (Å²) in [4.78, 5) is 23.2. The number of nitrogens with one attached hydrogen (secondary N) is 1. The minimum absolute atomic E-state index is 0.0152. The zero-order valence-electron chi connectivity index (χ0n) is 13.0. The number of aliphatic carboxylic acids is 1. The standard InChI is InChI=1S/C16H21NO5S/c1-2-23(21,22)14-5-3-4-11(8-14)9-15(18)17-13-7-6-12(10-13)16(19)20/h3-5,8,12-13H,2,6-7,9-10H2,1H3,(H,17,18)(H,19,20)/t12-,13+/m1/s1. The monoisotopic (exact) mass is 339 g/mol. The third-order valence-corrected chi connectivity index (χ3v) is 5.88. The van der Waals surface area contributed by atoms with E-state index >= 15 is 0 Å². The van der Waals surface area contributed by atoms with Crippen LogP contribution in [-0.2, 0) is 25.8 Å².